The number of carbonyl (C=O) groups excluding carboxylic acids is 1. The van der Waals surface area contributed by atoms with Crippen LogP contribution in [-0.4, -0.2) is 91.9 Å². The van der Waals surface area contributed by atoms with Gasteiger partial charge in [-0.3, -0.25) is 14.4 Å². The van der Waals surface area contributed by atoms with Crippen molar-refractivity contribution >= 4 is 52.7 Å². The first kappa shape index (κ1) is 37.5. The monoisotopic (exact) mass is 813 g/mol. The van der Waals surface area contributed by atoms with E-state index in [-0.39, 0.29) is 24.8 Å². The first-order chi connectivity index (χ1) is 24.2. The number of nitrogens with zero attached hydrogens (tertiary/aromatic N) is 7. The van der Waals surface area contributed by atoms with Gasteiger partial charge in [-0.2, -0.15) is 15.3 Å². The summed E-state index contributed by atoms with van der Waals surface area (Å²) < 4.78 is 36.6. The van der Waals surface area contributed by atoms with Crippen molar-refractivity contribution in [1.29, 1.82) is 0 Å². The number of likely N-dealkylation sites (N-methyl/N-ethyl adjacent to an activating group) is 1. The quantitative estimate of drug-likeness (QED) is 0.0963. The third-order valence-electron chi connectivity index (χ3n) is 10.0. The number of rotatable bonds is 12. The molecule has 2 atom stereocenters. The molecule has 2 saturated heterocycles. The van der Waals surface area contributed by atoms with E-state index in [0.717, 1.165) is 68.6 Å². The SMILES string of the molecule is COC(=O)Cn1nc(CN(C)CC(C)Oc2c(-c3ccc4c(c3)c(/C=C/B3OC(C)(C)C(C)(C)O3)nn4C3CCCCO3)cnn2C)c(I)c1C. The Morgan fingerprint density at radius 3 is 2.63 bits per heavy atom. The van der Waals surface area contributed by atoms with Gasteiger partial charge in [0, 0.05) is 37.8 Å². The highest BCUT2D eigenvalue weighted by Gasteiger charge is 2.50. The molecular weight excluding hydrogens is 764 g/mol. The lowest BCUT2D eigenvalue weighted by Crippen LogP contribution is -2.41. The largest absolute Gasteiger partial charge is 0.487 e. The van der Waals surface area contributed by atoms with Crippen LogP contribution in [0.1, 0.15) is 77.2 Å². The normalized spacial score (nSPS) is 19.4. The summed E-state index contributed by atoms with van der Waals surface area (Å²) in [6.07, 6.45) is 6.65. The molecule has 2 unspecified atom stereocenters. The number of benzene rings is 1. The van der Waals surface area contributed by atoms with Gasteiger partial charge in [-0.15, -0.1) is 0 Å². The second-order valence-electron chi connectivity index (χ2n) is 14.6. The molecule has 274 valence electrons. The second-order valence-corrected chi connectivity index (χ2v) is 15.6. The van der Waals surface area contributed by atoms with Crippen LogP contribution in [-0.2, 0) is 43.7 Å². The maximum Gasteiger partial charge on any atom is 0.487 e. The zero-order valence-electron chi connectivity index (χ0n) is 31.1. The van der Waals surface area contributed by atoms with E-state index in [4.69, 9.17) is 28.6 Å². The maximum atomic E-state index is 11.9. The summed E-state index contributed by atoms with van der Waals surface area (Å²) >= 11 is 2.29. The summed E-state index contributed by atoms with van der Waals surface area (Å²) in [4.78, 5) is 14.0. The molecule has 0 aliphatic carbocycles. The van der Waals surface area contributed by atoms with Gasteiger partial charge in [0.15, 0.2) is 6.23 Å². The van der Waals surface area contributed by atoms with Crippen LogP contribution in [0.2, 0.25) is 0 Å². The molecule has 2 aliphatic heterocycles. The standard InChI is InChI=1S/C36H49BIN7O6/c1-23(20-42(7)21-29-33(38)24(2)44(40-29)22-32(46)47-9)49-34-27(19-39-43(34)8)25-13-14-30-26(18-25)28(41-45(30)31-12-10-11-17-48-31)15-16-37-50-35(3,4)36(5,6)51-37/h13-16,18-19,23,31H,10-12,17,20-22H2,1-9H3/b16-15+. The van der Waals surface area contributed by atoms with Crippen molar-refractivity contribution in [3.05, 3.63) is 51.0 Å². The molecule has 6 rings (SSSR count). The molecule has 0 radical (unpaired) electrons. The van der Waals surface area contributed by atoms with Crippen LogP contribution in [0.4, 0.5) is 0 Å². The Morgan fingerprint density at radius 2 is 1.94 bits per heavy atom. The van der Waals surface area contributed by atoms with Crippen molar-refractivity contribution in [2.45, 2.75) is 97.4 Å². The van der Waals surface area contributed by atoms with Gasteiger partial charge < -0.3 is 23.5 Å². The minimum Gasteiger partial charge on any atom is -0.473 e. The Bertz CT molecular complexity index is 1890. The molecule has 3 aromatic heterocycles. The number of ether oxygens (including phenoxy) is 3. The molecule has 5 heterocycles. The third-order valence-corrected chi connectivity index (χ3v) is 11.5. The van der Waals surface area contributed by atoms with Crippen LogP contribution in [0.3, 0.4) is 0 Å². The zero-order chi connectivity index (χ0) is 36.7. The first-order valence-electron chi connectivity index (χ1n) is 17.5. The number of aromatic nitrogens is 6. The maximum absolute atomic E-state index is 11.9. The third kappa shape index (κ3) is 7.92. The fraction of sp³-hybridized carbons (Fsp3) is 0.556. The average Bonchev–Trinajstić information content (AvgIpc) is 3.77. The van der Waals surface area contributed by atoms with Gasteiger partial charge in [0.25, 0.3) is 0 Å². The van der Waals surface area contributed by atoms with E-state index in [2.05, 4.69) is 90.5 Å². The molecule has 2 aliphatic rings. The average molecular weight is 814 g/mol. The highest BCUT2D eigenvalue weighted by atomic mass is 127. The predicted molar refractivity (Wildman–Crippen MR) is 204 cm³/mol. The van der Waals surface area contributed by atoms with Crippen molar-refractivity contribution < 1.29 is 28.3 Å². The Morgan fingerprint density at radius 1 is 1.20 bits per heavy atom. The Labute approximate surface area is 313 Å². The smallest absolute Gasteiger partial charge is 0.473 e. The van der Waals surface area contributed by atoms with Crippen molar-refractivity contribution in [1.82, 2.24) is 34.2 Å². The Balaban J connectivity index is 1.23. The highest BCUT2D eigenvalue weighted by Crippen LogP contribution is 2.38. The summed E-state index contributed by atoms with van der Waals surface area (Å²) in [7, 11) is 4.83. The topological polar surface area (TPSA) is 120 Å². The van der Waals surface area contributed by atoms with Crippen molar-refractivity contribution in [2.24, 2.45) is 7.05 Å². The van der Waals surface area contributed by atoms with Crippen molar-refractivity contribution in [2.75, 3.05) is 27.3 Å². The molecule has 4 aromatic rings. The molecule has 13 nitrogen and oxygen atoms in total. The minimum absolute atomic E-state index is 0.0869. The number of aryl methyl sites for hydroxylation is 1. The van der Waals surface area contributed by atoms with E-state index >= 15 is 0 Å². The van der Waals surface area contributed by atoms with Gasteiger partial charge in [0.2, 0.25) is 5.88 Å². The molecule has 1 aromatic carbocycles. The molecule has 0 saturated carbocycles. The molecule has 0 N–H and O–H groups in total. The van der Waals surface area contributed by atoms with E-state index in [9.17, 15) is 4.79 Å². The molecule has 15 heteroatoms. The van der Waals surface area contributed by atoms with E-state index in [0.29, 0.717) is 19.0 Å². The van der Waals surface area contributed by atoms with Crippen molar-refractivity contribution in [3.63, 3.8) is 0 Å². The summed E-state index contributed by atoms with van der Waals surface area (Å²) in [6.45, 7) is 14.3. The van der Waals surface area contributed by atoms with Crippen LogP contribution in [0.25, 0.3) is 28.1 Å². The minimum atomic E-state index is -0.481. The van der Waals surface area contributed by atoms with Crippen LogP contribution in [0, 0.1) is 10.5 Å². The van der Waals surface area contributed by atoms with Crippen LogP contribution in [0.5, 0.6) is 5.88 Å². The molecule has 0 bridgehead atoms. The van der Waals surface area contributed by atoms with Crippen molar-refractivity contribution in [3.8, 4) is 17.0 Å². The summed E-state index contributed by atoms with van der Waals surface area (Å²) in [5.74, 6) is 2.30. The highest BCUT2D eigenvalue weighted by molar-refractivity contribution is 14.1. The lowest BCUT2D eigenvalue weighted by Gasteiger charge is -2.32. The van der Waals surface area contributed by atoms with Gasteiger partial charge in [-0.25, -0.2) is 9.36 Å². The second kappa shape index (κ2) is 15.0. The molecule has 2 fully saturated rings. The summed E-state index contributed by atoms with van der Waals surface area (Å²) in [6, 6.07) is 6.36. The first-order valence-corrected chi connectivity index (χ1v) is 18.6. The summed E-state index contributed by atoms with van der Waals surface area (Å²) in [5.41, 5.74) is 4.67. The summed E-state index contributed by atoms with van der Waals surface area (Å²) in [5, 5.41) is 15.3. The molecular formula is C36H49BIN7O6. The van der Waals surface area contributed by atoms with E-state index < -0.39 is 18.3 Å². The van der Waals surface area contributed by atoms with E-state index in [1.165, 1.54) is 7.11 Å². The van der Waals surface area contributed by atoms with Crippen LogP contribution >= 0.6 is 22.6 Å². The number of halogens is 1. The van der Waals surface area contributed by atoms with Gasteiger partial charge >= 0.3 is 13.1 Å². The number of methoxy groups -OCH3 is 1. The molecule has 0 amide bonds. The number of hydrogen-bond acceptors (Lipinski definition) is 10. The van der Waals surface area contributed by atoms with Gasteiger partial charge in [0.05, 0.1) is 50.5 Å². The van der Waals surface area contributed by atoms with Gasteiger partial charge in [-0.05, 0) is 114 Å². The Kier molecular flexibility index (Phi) is 11.0. The van der Waals surface area contributed by atoms with E-state index in [1.807, 2.05) is 43.9 Å². The number of hydrogen-bond donors (Lipinski definition) is 0. The fourth-order valence-corrected chi connectivity index (χ4v) is 7.06. The number of fused-ring (bicyclic) bond motifs is 1. The Hall–Kier alpha value is -3.25. The van der Waals surface area contributed by atoms with Crippen LogP contribution in [0.15, 0.2) is 30.4 Å². The van der Waals surface area contributed by atoms with Crippen LogP contribution < -0.4 is 4.74 Å². The van der Waals surface area contributed by atoms with Gasteiger partial charge in [0.1, 0.15) is 12.6 Å². The number of carbonyl (C=O) groups is 1. The predicted octanol–water partition coefficient (Wildman–Crippen LogP) is 5.96. The molecule has 0 spiro atoms. The van der Waals surface area contributed by atoms with Gasteiger partial charge in [-0.1, -0.05) is 12.0 Å². The number of esters is 1. The lowest BCUT2D eigenvalue weighted by molar-refractivity contribution is -0.141. The fourth-order valence-electron chi connectivity index (χ4n) is 6.51. The zero-order valence-corrected chi connectivity index (χ0v) is 33.3. The molecule has 51 heavy (non-hydrogen) atoms. The van der Waals surface area contributed by atoms with E-state index in [1.54, 1.807) is 9.36 Å². The lowest BCUT2D eigenvalue weighted by atomic mass is 9.89.